The average molecular weight is 344 g/mol. The lowest BCUT2D eigenvalue weighted by Crippen LogP contribution is -2.44. The Kier molecular flexibility index (Phi) is 5.36. The maximum absolute atomic E-state index is 12.5. The van der Waals surface area contributed by atoms with Crippen molar-refractivity contribution < 1.29 is 19.5 Å². The molecule has 1 aromatic carbocycles. The lowest BCUT2D eigenvalue weighted by molar-refractivity contribution is -0.134. The number of rotatable bonds is 4. The largest absolute Gasteiger partial charge is 0.478 e. The van der Waals surface area contributed by atoms with Crippen molar-refractivity contribution in [2.24, 2.45) is 5.92 Å². The minimum Gasteiger partial charge on any atom is -0.478 e. The first-order chi connectivity index (χ1) is 12.0. The zero-order valence-electron chi connectivity index (χ0n) is 14.3. The van der Waals surface area contributed by atoms with E-state index in [1.54, 1.807) is 12.1 Å². The molecule has 0 bridgehead atoms. The van der Waals surface area contributed by atoms with Gasteiger partial charge in [0.25, 0.3) is 5.91 Å². The molecule has 0 atom stereocenters. The maximum Gasteiger partial charge on any atom is 0.335 e. The second-order valence-corrected chi connectivity index (χ2v) is 6.91. The predicted octanol–water partition coefficient (Wildman–Crippen LogP) is 2.25. The summed E-state index contributed by atoms with van der Waals surface area (Å²) in [6.07, 6.45) is 4.58. The van der Waals surface area contributed by atoms with Gasteiger partial charge in [0.15, 0.2) is 0 Å². The summed E-state index contributed by atoms with van der Waals surface area (Å²) in [5, 5.41) is 8.92. The van der Waals surface area contributed by atoms with Crippen LogP contribution in [0.15, 0.2) is 24.3 Å². The molecule has 0 aromatic heterocycles. The van der Waals surface area contributed by atoms with Gasteiger partial charge in [0, 0.05) is 38.2 Å². The Balaban J connectivity index is 1.52. The van der Waals surface area contributed by atoms with Gasteiger partial charge in [-0.1, -0.05) is 0 Å². The fourth-order valence-corrected chi connectivity index (χ4v) is 3.62. The van der Waals surface area contributed by atoms with Crippen molar-refractivity contribution in [3.8, 4) is 0 Å². The summed E-state index contributed by atoms with van der Waals surface area (Å²) >= 11 is 0. The number of likely N-dealkylation sites (tertiary alicyclic amines) is 2. The van der Waals surface area contributed by atoms with Gasteiger partial charge >= 0.3 is 5.97 Å². The molecule has 25 heavy (non-hydrogen) atoms. The Morgan fingerprint density at radius 3 is 2.24 bits per heavy atom. The molecule has 6 nitrogen and oxygen atoms in total. The number of benzene rings is 1. The highest BCUT2D eigenvalue weighted by Gasteiger charge is 2.27. The Morgan fingerprint density at radius 1 is 1.00 bits per heavy atom. The molecular formula is C19H24N2O4. The number of hydrogen-bond donors (Lipinski definition) is 1. The van der Waals surface area contributed by atoms with E-state index < -0.39 is 5.97 Å². The molecule has 0 saturated carbocycles. The van der Waals surface area contributed by atoms with Crippen molar-refractivity contribution in [3.05, 3.63) is 35.4 Å². The quantitative estimate of drug-likeness (QED) is 0.909. The first-order valence-corrected chi connectivity index (χ1v) is 8.95. The third-order valence-corrected chi connectivity index (χ3v) is 5.18. The molecule has 134 valence electrons. The van der Waals surface area contributed by atoms with Crippen molar-refractivity contribution in [1.82, 2.24) is 9.80 Å². The van der Waals surface area contributed by atoms with Crippen molar-refractivity contribution in [2.75, 3.05) is 26.2 Å². The predicted molar refractivity (Wildman–Crippen MR) is 92.5 cm³/mol. The van der Waals surface area contributed by atoms with E-state index in [9.17, 15) is 14.4 Å². The highest BCUT2D eigenvalue weighted by Crippen LogP contribution is 2.22. The fourth-order valence-electron chi connectivity index (χ4n) is 3.62. The van der Waals surface area contributed by atoms with Crippen LogP contribution in [0.5, 0.6) is 0 Å². The molecule has 2 fully saturated rings. The number of piperidine rings is 2. The number of aromatic carboxylic acids is 1. The van der Waals surface area contributed by atoms with E-state index in [1.807, 2.05) is 9.80 Å². The second kappa shape index (κ2) is 7.68. The van der Waals surface area contributed by atoms with Gasteiger partial charge in [0.2, 0.25) is 5.91 Å². The van der Waals surface area contributed by atoms with Crippen LogP contribution in [0, 0.1) is 5.92 Å². The second-order valence-electron chi connectivity index (χ2n) is 6.91. The minimum absolute atomic E-state index is 0.0514. The molecule has 6 heteroatoms. The number of carbonyl (C=O) groups excluding carboxylic acids is 2. The molecular weight excluding hydrogens is 320 g/mol. The van der Waals surface area contributed by atoms with Crippen molar-refractivity contribution >= 4 is 17.8 Å². The Morgan fingerprint density at radius 2 is 1.64 bits per heavy atom. The normalized spacial score (nSPS) is 19.1. The van der Waals surface area contributed by atoms with E-state index in [4.69, 9.17) is 5.11 Å². The van der Waals surface area contributed by atoms with Gasteiger partial charge in [-0.05, 0) is 55.9 Å². The minimum atomic E-state index is -0.993. The Hall–Kier alpha value is -2.37. The van der Waals surface area contributed by atoms with E-state index in [1.165, 1.54) is 12.1 Å². The smallest absolute Gasteiger partial charge is 0.335 e. The molecule has 3 rings (SSSR count). The van der Waals surface area contributed by atoms with Crippen LogP contribution in [0.2, 0.25) is 0 Å². The van der Waals surface area contributed by atoms with E-state index >= 15 is 0 Å². The first-order valence-electron chi connectivity index (χ1n) is 8.95. The molecule has 0 unspecified atom stereocenters. The summed E-state index contributed by atoms with van der Waals surface area (Å²) in [6, 6.07) is 6.07. The maximum atomic E-state index is 12.5. The van der Waals surface area contributed by atoms with Crippen LogP contribution in [0.25, 0.3) is 0 Å². The Bertz CT molecular complexity index is 648. The van der Waals surface area contributed by atoms with Crippen LogP contribution in [-0.4, -0.2) is 58.9 Å². The summed E-state index contributed by atoms with van der Waals surface area (Å²) in [5.41, 5.74) is 0.705. The van der Waals surface area contributed by atoms with Crippen molar-refractivity contribution in [3.63, 3.8) is 0 Å². The number of carboxylic acids is 1. The number of carbonyl (C=O) groups is 3. The highest BCUT2D eigenvalue weighted by atomic mass is 16.4. The highest BCUT2D eigenvalue weighted by molar-refractivity contribution is 5.96. The van der Waals surface area contributed by atoms with Gasteiger partial charge in [0.1, 0.15) is 0 Å². The summed E-state index contributed by atoms with van der Waals surface area (Å²) in [6.45, 7) is 3.06. The molecule has 1 aromatic rings. The third kappa shape index (κ3) is 4.18. The molecule has 1 N–H and O–H groups in total. The van der Waals surface area contributed by atoms with Crippen molar-refractivity contribution in [2.45, 2.75) is 32.1 Å². The van der Waals surface area contributed by atoms with Crippen LogP contribution in [0.1, 0.15) is 52.8 Å². The van der Waals surface area contributed by atoms with Crippen LogP contribution in [-0.2, 0) is 4.79 Å². The van der Waals surface area contributed by atoms with E-state index in [0.717, 1.165) is 38.8 Å². The van der Waals surface area contributed by atoms with Crippen LogP contribution in [0.4, 0.5) is 0 Å². The number of amides is 2. The lowest BCUT2D eigenvalue weighted by atomic mass is 9.94. The van der Waals surface area contributed by atoms with Crippen LogP contribution in [0.3, 0.4) is 0 Å². The monoisotopic (exact) mass is 344 g/mol. The SMILES string of the molecule is O=C(O)c1ccc(C(=O)N2CCC(CN3CCCCC3=O)CC2)cc1. The van der Waals surface area contributed by atoms with Gasteiger partial charge in [0.05, 0.1) is 5.56 Å². The lowest BCUT2D eigenvalue weighted by Gasteiger charge is -2.36. The summed E-state index contributed by atoms with van der Waals surface area (Å²) in [7, 11) is 0. The zero-order valence-corrected chi connectivity index (χ0v) is 14.3. The van der Waals surface area contributed by atoms with E-state index in [2.05, 4.69) is 0 Å². The first kappa shape index (κ1) is 17.5. The number of carboxylic acid groups (broad SMARTS) is 1. The molecule has 0 spiro atoms. The van der Waals surface area contributed by atoms with Gasteiger partial charge in [-0.2, -0.15) is 0 Å². The fraction of sp³-hybridized carbons (Fsp3) is 0.526. The standard InChI is InChI=1S/C19H24N2O4/c22-17-3-1-2-10-21(17)13-14-8-11-20(12-9-14)18(23)15-4-6-16(7-5-15)19(24)25/h4-7,14H,1-3,8-13H2,(H,24,25). The van der Waals surface area contributed by atoms with E-state index in [-0.39, 0.29) is 17.4 Å². The Labute approximate surface area is 147 Å². The summed E-state index contributed by atoms with van der Waals surface area (Å²) in [4.78, 5) is 39.2. The molecule has 2 heterocycles. The van der Waals surface area contributed by atoms with Gasteiger partial charge in [-0.25, -0.2) is 4.79 Å². The van der Waals surface area contributed by atoms with E-state index in [0.29, 0.717) is 31.0 Å². The van der Waals surface area contributed by atoms with Gasteiger partial charge in [-0.3, -0.25) is 9.59 Å². The topological polar surface area (TPSA) is 77.9 Å². The average Bonchev–Trinajstić information content (AvgIpc) is 2.64. The molecule has 2 saturated heterocycles. The van der Waals surface area contributed by atoms with Crippen LogP contribution >= 0.6 is 0 Å². The molecule has 0 radical (unpaired) electrons. The molecule has 2 aliphatic rings. The van der Waals surface area contributed by atoms with Gasteiger partial charge in [-0.15, -0.1) is 0 Å². The zero-order chi connectivity index (χ0) is 17.8. The number of nitrogens with zero attached hydrogens (tertiary/aromatic N) is 2. The van der Waals surface area contributed by atoms with Crippen molar-refractivity contribution in [1.29, 1.82) is 0 Å². The van der Waals surface area contributed by atoms with Gasteiger partial charge < -0.3 is 14.9 Å². The molecule has 2 amide bonds. The summed E-state index contributed by atoms with van der Waals surface area (Å²) in [5.74, 6) is -0.319. The summed E-state index contributed by atoms with van der Waals surface area (Å²) < 4.78 is 0. The number of hydrogen-bond acceptors (Lipinski definition) is 3. The van der Waals surface area contributed by atoms with Crippen LogP contribution < -0.4 is 0 Å². The molecule has 2 aliphatic heterocycles. The third-order valence-electron chi connectivity index (χ3n) is 5.18. The molecule has 0 aliphatic carbocycles.